The number of benzene rings is 1. The summed E-state index contributed by atoms with van der Waals surface area (Å²) in [7, 11) is -1.90. The second-order valence-corrected chi connectivity index (χ2v) is 11.8. The molecule has 1 fully saturated rings. The van der Waals surface area contributed by atoms with Crippen molar-refractivity contribution in [1.82, 2.24) is 15.0 Å². The maximum Gasteiger partial charge on any atom is 0.407 e. The zero-order valence-electron chi connectivity index (χ0n) is 20.8. The van der Waals surface area contributed by atoms with Crippen LogP contribution < -0.4 is 14.9 Å². The first-order valence-corrected chi connectivity index (χ1v) is 14.3. The summed E-state index contributed by atoms with van der Waals surface area (Å²) in [5.41, 5.74) is 1.33. The molecule has 35 heavy (non-hydrogen) atoms. The number of hydrogen-bond acceptors (Lipinski definition) is 8. The van der Waals surface area contributed by atoms with Gasteiger partial charge in [-0.05, 0) is 51.7 Å². The van der Waals surface area contributed by atoms with Crippen LogP contribution >= 0.6 is 11.3 Å². The lowest BCUT2D eigenvalue weighted by Gasteiger charge is -2.28. The van der Waals surface area contributed by atoms with Gasteiger partial charge < -0.3 is 20.1 Å². The van der Waals surface area contributed by atoms with Crippen LogP contribution in [0, 0.1) is 0 Å². The van der Waals surface area contributed by atoms with Crippen LogP contribution in [0.1, 0.15) is 57.4 Å². The third-order valence-electron chi connectivity index (χ3n) is 6.00. The van der Waals surface area contributed by atoms with Crippen molar-refractivity contribution < 1.29 is 23.1 Å². The zero-order chi connectivity index (χ0) is 25.6. The highest BCUT2D eigenvalue weighted by Crippen LogP contribution is 2.40. The molecule has 9 nitrogen and oxygen atoms in total. The predicted octanol–water partition coefficient (Wildman–Crippen LogP) is 3.70. The number of sulfonamides is 1. The summed E-state index contributed by atoms with van der Waals surface area (Å²) in [6.45, 7) is 6.06. The van der Waals surface area contributed by atoms with Crippen molar-refractivity contribution in [3.05, 3.63) is 29.4 Å². The van der Waals surface area contributed by atoms with Gasteiger partial charge in [0.05, 0.1) is 27.5 Å². The SMILES string of the molecule is CCNS(=O)(=O)c1cc(N(C)CCO)ccc1-c1cnc([C@H]2CC[C@H](NC(=O)OC(C)C)CC2)s1. The number of aliphatic hydroxyl groups is 1. The van der Waals surface area contributed by atoms with Crippen molar-refractivity contribution >= 4 is 33.1 Å². The summed E-state index contributed by atoms with van der Waals surface area (Å²) in [6, 6.07) is 5.42. The molecule has 11 heteroatoms. The number of thiazole rings is 1. The van der Waals surface area contributed by atoms with Crippen LogP contribution in [0.4, 0.5) is 10.5 Å². The van der Waals surface area contributed by atoms with Gasteiger partial charge >= 0.3 is 6.09 Å². The minimum atomic E-state index is -3.72. The summed E-state index contributed by atoms with van der Waals surface area (Å²) < 4.78 is 33.8. The molecule has 1 amide bonds. The van der Waals surface area contributed by atoms with E-state index in [1.54, 1.807) is 19.2 Å². The summed E-state index contributed by atoms with van der Waals surface area (Å²) in [4.78, 5) is 19.3. The number of amides is 1. The number of nitrogens with one attached hydrogen (secondary N) is 2. The topological polar surface area (TPSA) is 121 Å². The van der Waals surface area contributed by atoms with Crippen LogP contribution in [-0.2, 0) is 14.8 Å². The molecule has 1 aliphatic rings. The van der Waals surface area contributed by atoms with Crippen molar-refractivity contribution in [1.29, 1.82) is 0 Å². The third-order valence-corrected chi connectivity index (χ3v) is 8.77. The maximum atomic E-state index is 13.0. The molecule has 0 bridgehead atoms. The van der Waals surface area contributed by atoms with Crippen LogP contribution in [-0.4, -0.2) is 63.5 Å². The fourth-order valence-corrected chi connectivity index (χ4v) is 6.69. The molecule has 1 aliphatic carbocycles. The first-order valence-electron chi connectivity index (χ1n) is 12.0. The molecular formula is C24H36N4O5S2. The first kappa shape index (κ1) is 27.4. The van der Waals surface area contributed by atoms with E-state index < -0.39 is 10.0 Å². The molecular weight excluding hydrogens is 488 g/mol. The highest BCUT2D eigenvalue weighted by molar-refractivity contribution is 7.89. The Labute approximate surface area is 212 Å². The third kappa shape index (κ3) is 7.16. The summed E-state index contributed by atoms with van der Waals surface area (Å²) >= 11 is 1.52. The van der Waals surface area contributed by atoms with Gasteiger partial charge in [0, 0.05) is 49.5 Å². The van der Waals surface area contributed by atoms with E-state index in [2.05, 4.69) is 15.0 Å². The van der Waals surface area contributed by atoms with Crippen LogP contribution in [0.15, 0.2) is 29.3 Å². The maximum absolute atomic E-state index is 13.0. The van der Waals surface area contributed by atoms with Crippen LogP contribution in [0.3, 0.4) is 0 Å². The highest BCUT2D eigenvalue weighted by atomic mass is 32.2. The Bertz CT molecular complexity index is 1100. The quantitative estimate of drug-likeness (QED) is 0.433. The average molecular weight is 525 g/mol. The van der Waals surface area contributed by atoms with Gasteiger partial charge in [-0.3, -0.25) is 0 Å². The predicted molar refractivity (Wildman–Crippen MR) is 139 cm³/mol. The van der Waals surface area contributed by atoms with E-state index in [9.17, 15) is 18.3 Å². The molecule has 1 aromatic carbocycles. The number of nitrogens with zero attached hydrogens (tertiary/aromatic N) is 2. The smallest absolute Gasteiger partial charge is 0.407 e. The number of carbonyl (C=O) groups excluding carboxylic acids is 1. The normalized spacial score (nSPS) is 18.5. The minimum Gasteiger partial charge on any atom is -0.447 e. The van der Waals surface area contributed by atoms with Gasteiger partial charge in [0.25, 0.3) is 0 Å². The number of likely N-dealkylation sites (N-methyl/N-ethyl adjacent to an activating group) is 1. The van der Waals surface area contributed by atoms with Crippen LogP contribution in [0.2, 0.25) is 0 Å². The molecule has 1 aromatic heterocycles. The molecule has 0 unspecified atom stereocenters. The number of hydrogen-bond donors (Lipinski definition) is 3. The lowest BCUT2D eigenvalue weighted by molar-refractivity contribution is 0.109. The van der Waals surface area contributed by atoms with Gasteiger partial charge in [0.1, 0.15) is 0 Å². The van der Waals surface area contributed by atoms with E-state index in [4.69, 9.17) is 4.74 Å². The average Bonchev–Trinajstić information content (AvgIpc) is 3.29. The van der Waals surface area contributed by atoms with Crippen molar-refractivity contribution in [3.8, 4) is 10.4 Å². The van der Waals surface area contributed by atoms with Crippen molar-refractivity contribution in [2.75, 3.05) is 31.6 Å². The second kappa shape index (κ2) is 12.2. The molecule has 0 spiro atoms. The molecule has 3 N–H and O–H groups in total. The van der Waals surface area contributed by atoms with Crippen molar-refractivity contribution in [3.63, 3.8) is 0 Å². The molecule has 194 valence electrons. The molecule has 2 aromatic rings. The number of carbonyl (C=O) groups is 1. The fourth-order valence-electron chi connectivity index (χ4n) is 4.22. The van der Waals surface area contributed by atoms with Gasteiger partial charge in [-0.15, -0.1) is 11.3 Å². The van der Waals surface area contributed by atoms with Gasteiger partial charge in [0.15, 0.2) is 0 Å². The van der Waals surface area contributed by atoms with Crippen molar-refractivity contribution in [2.24, 2.45) is 0 Å². The van der Waals surface area contributed by atoms with E-state index in [-0.39, 0.29) is 42.2 Å². The lowest BCUT2D eigenvalue weighted by Crippen LogP contribution is -2.38. The highest BCUT2D eigenvalue weighted by Gasteiger charge is 2.27. The standard InChI is InChI=1S/C24H36N4O5S2/c1-5-26-35(31,32)22-14-19(28(4)12-13-29)10-11-20(22)21-15-25-23(34-21)17-6-8-18(9-7-17)27-24(30)33-16(2)3/h10-11,14-18,26,29H,5-9,12-13H2,1-4H3,(H,27,30)/t17-,18-. The van der Waals surface area contributed by atoms with E-state index in [0.717, 1.165) is 35.6 Å². The second-order valence-electron chi connectivity index (χ2n) is 9.04. The summed E-state index contributed by atoms with van der Waals surface area (Å²) in [5, 5.41) is 13.2. The first-order chi connectivity index (χ1) is 16.6. The van der Waals surface area contributed by atoms with Gasteiger partial charge in [-0.25, -0.2) is 22.9 Å². The largest absolute Gasteiger partial charge is 0.447 e. The lowest BCUT2D eigenvalue weighted by atomic mass is 9.86. The Kier molecular flexibility index (Phi) is 9.51. The van der Waals surface area contributed by atoms with Crippen LogP contribution in [0.5, 0.6) is 0 Å². The molecule has 0 radical (unpaired) electrons. The Balaban J connectivity index is 1.78. The molecule has 0 atom stereocenters. The van der Waals surface area contributed by atoms with Gasteiger partial charge in [-0.2, -0.15) is 0 Å². The Morgan fingerprint density at radius 1 is 1.29 bits per heavy atom. The van der Waals surface area contributed by atoms with E-state index in [1.807, 2.05) is 37.9 Å². The Morgan fingerprint density at radius 2 is 2.00 bits per heavy atom. The molecule has 3 rings (SSSR count). The zero-order valence-corrected chi connectivity index (χ0v) is 22.4. The van der Waals surface area contributed by atoms with Crippen LogP contribution in [0.25, 0.3) is 10.4 Å². The molecule has 0 saturated heterocycles. The number of aliphatic hydroxyl groups excluding tert-OH is 1. The number of alkyl carbamates (subject to hydrolysis) is 1. The molecule has 1 saturated carbocycles. The van der Waals surface area contributed by atoms with E-state index in [0.29, 0.717) is 17.8 Å². The van der Waals surface area contributed by atoms with Crippen molar-refractivity contribution in [2.45, 2.75) is 69.4 Å². The monoisotopic (exact) mass is 524 g/mol. The summed E-state index contributed by atoms with van der Waals surface area (Å²) in [6.07, 6.45) is 4.71. The fraction of sp³-hybridized carbons (Fsp3) is 0.583. The Morgan fingerprint density at radius 3 is 2.63 bits per heavy atom. The molecule has 0 aliphatic heterocycles. The number of anilines is 1. The van der Waals surface area contributed by atoms with E-state index >= 15 is 0 Å². The Hall–Kier alpha value is -2.21. The number of rotatable bonds is 10. The number of aromatic nitrogens is 1. The van der Waals surface area contributed by atoms with E-state index in [1.165, 1.54) is 11.3 Å². The minimum absolute atomic E-state index is 0.0254. The van der Waals surface area contributed by atoms with Gasteiger partial charge in [0.2, 0.25) is 10.0 Å². The summed E-state index contributed by atoms with van der Waals surface area (Å²) in [5.74, 6) is 0.275. The number of ether oxygens (including phenoxy) is 1. The van der Waals surface area contributed by atoms with Gasteiger partial charge in [-0.1, -0.05) is 13.0 Å². The molecule has 1 heterocycles.